The first-order chi connectivity index (χ1) is 14.7. The molecule has 31 heavy (non-hydrogen) atoms. The van der Waals surface area contributed by atoms with Crippen LogP contribution >= 0.6 is 23.4 Å². The number of fused-ring (bicyclic) bond motifs is 1. The number of thioether (sulfide) groups is 1. The molecular formula is C22H28ClN3O4S. The van der Waals surface area contributed by atoms with E-state index in [1.165, 1.54) is 0 Å². The largest absolute Gasteiger partial charge is 0.394 e. The van der Waals surface area contributed by atoms with Crippen molar-refractivity contribution in [1.29, 1.82) is 0 Å². The van der Waals surface area contributed by atoms with E-state index in [1.807, 2.05) is 13.8 Å². The lowest BCUT2D eigenvalue weighted by atomic mass is 9.66. The fourth-order valence-corrected chi connectivity index (χ4v) is 8.24. The Morgan fingerprint density at radius 3 is 2.55 bits per heavy atom. The number of nitrogens with one attached hydrogen (secondary N) is 2. The van der Waals surface area contributed by atoms with Gasteiger partial charge in [0.1, 0.15) is 6.04 Å². The molecule has 168 valence electrons. The van der Waals surface area contributed by atoms with E-state index in [0.29, 0.717) is 23.6 Å². The van der Waals surface area contributed by atoms with Crippen molar-refractivity contribution in [3.05, 3.63) is 29.3 Å². The van der Waals surface area contributed by atoms with E-state index in [9.17, 15) is 19.5 Å². The Labute approximate surface area is 191 Å². The molecule has 6 atom stereocenters. The highest BCUT2D eigenvalue weighted by atomic mass is 35.5. The Kier molecular flexibility index (Phi) is 5.77. The summed E-state index contributed by atoms with van der Waals surface area (Å²) < 4.78 is -1.09. The summed E-state index contributed by atoms with van der Waals surface area (Å²) in [5.41, 5.74) is 0.588. The molecule has 9 heteroatoms. The van der Waals surface area contributed by atoms with E-state index in [4.69, 9.17) is 11.6 Å². The van der Waals surface area contributed by atoms with E-state index in [0.717, 1.165) is 6.42 Å². The molecular weight excluding hydrogens is 438 g/mol. The molecule has 3 aliphatic rings. The minimum absolute atomic E-state index is 0.161. The van der Waals surface area contributed by atoms with Gasteiger partial charge in [-0.2, -0.15) is 0 Å². The molecule has 0 saturated carbocycles. The molecule has 1 aromatic rings. The van der Waals surface area contributed by atoms with Crippen molar-refractivity contribution in [2.75, 3.05) is 19.0 Å². The van der Waals surface area contributed by atoms with Gasteiger partial charge in [-0.25, -0.2) is 0 Å². The number of carbonyl (C=O) groups excluding carboxylic acids is 3. The van der Waals surface area contributed by atoms with Crippen LogP contribution < -0.4 is 10.6 Å². The first-order valence-corrected chi connectivity index (χ1v) is 11.8. The van der Waals surface area contributed by atoms with Crippen LogP contribution in [0.4, 0.5) is 5.69 Å². The number of hydrogen-bond acceptors (Lipinski definition) is 5. The number of aliphatic hydroxyl groups is 1. The smallest absolute Gasteiger partial charge is 0.248 e. The number of benzene rings is 1. The second-order valence-electron chi connectivity index (χ2n) is 8.83. The van der Waals surface area contributed by atoms with Crippen molar-refractivity contribution in [3.63, 3.8) is 0 Å². The predicted octanol–water partition coefficient (Wildman–Crippen LogP) is 2.28. The summed E-state index contributed by atoms with van der Waals surface area (Å²) in [5.74, 6) is -1.75. The maximum Gasteiger partial charge on any atom is 0.248 e. The summed E-state index contributed by atoms with van der Waals surface area (Å²) in [6.07, 6.45) is 1.95. The Bertz CT molecular complexity index is 909. The average molecular weight is 466 g/mol. The van der Waals surface area contributed by atoms with Crippen LogP contribution in [0.3, 0.4) is 0 Å². The summed E-state index contributed by atoms with van der Waals surface area (Å²) in [6.45, 7) is 3.68. The van der Waals surface area contributed by atoms with Crippen molar-refractivity contribution >= 4 is 46.8 Å². The van der Waals surface area contributed by atoms with Crippen LogP contribution in [-0.2, 0) is 14.4 Å². The Hall–Kier alpha value is -1.77. The molecule has 3 fully saturated rings. The number of hydrogen-bond donors (Lipinski definition) is 3. The van der Waals surface area contributed by atoms with Crippen molar-refractivity contribution in [1.82, 2.24) is 10.2 Å². The zero-order valence-electron chi connectivity index (χ0n) is 17.9. The first-order valence-electron chi connectivity index (χ1n) is 10.6. The van der Waals surface area contributed by atoms with Gasteiger partial charge in [0.25, 0.3) is 0 Å². The Morgan fingerprint density at radius 1 is 1.29 bits per heavy atom. The summed E-state index contributed by atoms with van der Waals surface area (Å²) in [4.78, 5) is 41.8. The summed E-state index contributed by atoms with van der Waals surface area (Å²) in [6, 6.07) is 5.57. The number of amides is 3. The van der Waals surface area contributed by atoms with Crippen molar-refractivity contribution < 1.29 is 19.5 Å². The minimum atomic E-state index is -0.765. The lowest BCUT2D eigenvalue weighted by Crippen LogP contribution is -2.54. The van der Waals surface area contributed by atoms with Crippen LogP contribution in [0, 0.1) is 11.8 Å². The third kappa shape index (κ3) is 3.26. The zero-order valence-corrected chi connectivity index (χ0v) is 19.4. The van der Waals surface area contributed by atoms with Crippen molar-refractivity contribution in [2.24, 2.45) is 11.8 Å². The number of aliphatic hydroxyl groups excluding tert-OH is 1. The van der Waals surface area contributed by atoms with Gasteiger partial charge >= 0.3 is 0 Å². The van der Waals surface area contributed by atoms with Crippen LogP contribution in [0.1, 0.15) is 33.1 Å². The summed E-state index contributed by atoms with van der Waals surface area (Å²) in [7, 11) is 1.58. The molecule has 4 rings (SSSR count). The third-order valence-corrected chi connectivity index (χ3v) is 9.42. The van der Waals surface area contributed by atoms with E-state index in [1.54, 1.807) is 48.0 Å². The van der Waals surface area contributed by atoms with E-state index >= 15 is 0 Å². The molecule has 3 aliphatic heterocycles. The highest BCUT2D eigenvalue weighted by molar-refractivity contribution is 8.02. The second kappa shape index (κ2) is 7.98. The Morgan fingerprint density at radius 2 is 1.97 bits per heavy atom. The predicted molar refractivity (Wildman–Crippen MR) is 121 cm³/mol. The lowest BCUT2D eigenvalue weighted by Gasteiger charge is -2.36. The minimum Gasteiger partial charge on any atom is -0.394 e. The first kappa shape index (κ1) is 22.4. The number of carbonyl (C=O) groups is 3. The number of likely N-dealkylation sites (tertiary alicyclic amines) is 1. The highest BCUT2D eigenvalue weighted by Gasteiger charge is 2.77. The number of nitrogens with zero attached hydrogens (tertiary/aromatic N) is 1. The van der Waals surface area contributed by atoms with Crippen LogP contribution in [0.2, 0.25) is 5.02 Å². The molecule has 0 aliphatic carbocycles. The Balaban J connectivity index is 1.77. The molecule has 1 aromatic carbocycles. The SMILES string of the molecule is CC[C@@H](CO)N1C(=O)[C@@H]2[C@H](C(=O)NC)[C@]3(C)CCC2(S3)C1C(=O)Nc1ccc(Cl)cc1. The van der Waals surface area contributed by atoms with E-state index < -0.39 is 33.4 Å². The van der Waals surface area contributed by atoms with Crippen molar-refractivity contribution in [2.45, 2.75) is 54.7 Å². The molecule has 2 unspecified atom stereocenters. The van der Waals surface area contributed by atoms with Crippen LogP contribution in [-0.4, -0.2) is 63.0 Å². The van der Waals surface area contributed by atoms with E-state index in [-0.39, 0.29) is 24.3 Å². The molecule has 3 amide bonds. The molecule has 3 heterocycles. The summed E-state index contributed by atoms with van der Waals surface area (Å²) in [5, 5.41) is 16.2. The third-order valence-electron chi connectivity index (χ3n) is 7.18. The van der Waals surface area contributed by atoms with Crippen molar-refractivity contribution in [3.8, 4) is 0 Å². The van der Waals surface area contributed by atoms with Gasteiger partial charge in [0.2, 0.25) is 17.7 Å². The molecule has 0 radical (unpaired) electrons. The van der Waals surface area contributed by atoms with Gasteiger partial charge in [-0.3, -0.25) is 14.4 Å². The summed E-state index contributed by atoms with van der Waals surface area (Å²) >= 11 is 7.57. The average Bonchev–Trinajstić information content (AvgIpc) is 3.31. The number of halogens is 1. The zero-order chi connectivity index (χ0) is 22.6. The highest BCUT2D eigenvalue weighted by Crippen LogP contribution is 2.71. The van der Waals surface area contributed by atoms with Crippen LogP contribution in [0.25, 0.3) is 0 Å². The lowest BCUT2D eigenvalue weighted by molar-refractivity contribution is -0.142. The van der Waals surface area contributed by atoms with Gasteiger partial charge in [-0.05, 0) is 50.5 Å². The number of anilines is 1. The molecule has 2 bridgehead atoms. The molecule has 7 nitrogen and oxygen atoms in total. The second-order valence-corrected chi connectivity index (χ2v) is 11.2. The quantitative estimate of drug-likeness (QED) is 0.598. The molecule has 3 N–H and O–H groups in total. The monoisotopic (exact) mass is 465 g/mol. The molecule has 3 saturated heterocycles. The van der Waals surface area contributed by atoms with E-state index in [2.05, 4.69) is 10.6 Å². The van der Waals surface area contributed by atoms with Gasteiger partial charge in [0, 0.05) is 22.5 Å². The van der Waals surface area contributed by atoms with Gasteiger partial charge < -0.3 is 20.6 Å². The fraction of sp³-hybridized carbons (Fsp3) is 0.591. The van der Waals surface area contributed by atoms with Crippen LogP contribution in [0.5, 0.6) is 0 Å². The van der Waals surface area contributed by atoms with Gasteiger partial charge in [0.15, 0.2) is 0 Å². The van der Waals surface area contributed by atoms with Gasteiger partial charge in [-0.1, -0.05) is 18.5 Å². The van der Waals surface area contributed by atoms with Crippen LogP contribution in [0.15, 0.2) is 24.3 Å². The maximum atomic E-state index is 13.7. The molecule has 1 spiro atoms. The standard InChI is InChI=1S/C22H28ClN3O4S/c1-4-14(11-27)26-17(19(29)25-13-7-5-12(23)6-8-13)22-10-9-21(2,31-22)15(18(28)24-3)16(22)20(26)30/h5-8,14-17,27H,4,9-11H2,1-3H3,(H,24,28)(H,25,29)/t14-,15+,16-,17?,21-,22?/m0/s1. The van der Waals surface area contributed by atoms with Gasteiger partial charge in [0.05, 0.1) is 29.2 Å². The topological polar surface area (TPSA) is 98.7 Å². The number of rotatable bonds is 6. The maximum absolute atomic E-state index is 13.7. The fourth-order valence-electron chi connectivity index (χ4n) is 5.77. The van der Waals surface area contributed by atoms with Gasteiger partial charge in [-0.15, -0.1) is 11.8 Å². The normalized spacial score (nSPS) is 34.5. The molecule has 0 aromatic heterocycles.